The standard InChI is InChI=1S/C14H10ClF3/c1-8-3-2-4-9(5-8)14(15)10-6-12(17)13(18)7-11(10)16/h2-7,14H,1H3. The molecule has 0 heterocycles. The fraction of sp³-hybridized carbons (Fsp3) is 0.143. The number of hydrogen-bond donors (Lipinski definition) is 0. The number of benzene rings is 2. The number of hydrogen-bond acceptors (Lipinski definition) is 0. The molecule has 4 heteroatoms. The summed E-state index contributed by atoms with van der Waals surface area (Å²) in [6, 6.07) is 8.44. The third-order valence-electron chi connectivity index (χ3n) is 2.65. The Kier molecular flexibility index (Phi) is 3.62. The van der Waals surface area contributed by atoms with Crippen LogP contribution in [0, 0.1) is 24.4 Å². The quantitative estimate of drug-likeness (QED) is 0.546. The van der Waals surface area contributed by atoms with Gasteiger partial charge in [-0.15, -0.1) is 11.6 Å². The number of rotatable bonds is 2. The molecule has 1 atom stereocenters. The monoisotopic (exact) mass is 270 g/mol. The molecule has 0 aliphatic rings. The fourth-order valence-corrected chi connectivity index (χ4v) is 2.04. The molecular formula is C14H10ClF3. The molecule has 18 heavy (non-hydrogen) atoms. The Morgan fingerprint density at radius 1 is 0.944 bits per heavy atom. The lowest BCUT2D eigenvalue weighted by Gasteiger charge is -2.12. The Labute approximate surface area is 108 Å². The molecule has 0 saturated heterocycles. The van der Waals surface area contributed by atoms with Crippen LogP contribution >= 0.6 is 11.6 Å². The van der Waals surface area contributed by atoms with Crippen molar-refractivity contribution < 1.29 is 13.2 Å². The van der Waals surface area contributed by atoms with Crippen LogP contribution in [0.5, 0.6) is 0 Å². The van der Waals surface area contributed by atoms with Crippen LogP contribution < -0.4 is 0 Å². The van der Waals surface area contributed by atoms with Gasteiger partial charge in [0.05, 0.1) is 5.38 Å². The Balaban J connectivity index is 2.46. The fourth-order valence-electron chi connectivity index (χ4n) is 1.74. The van der Waals surface area contributed by atoms with Gasteiger partial charge in [-0.2, -0.15) is 0 Å². The molecule has 0 amide bonds. The molecule has 0 saturated carbocycles. The summed E-state index contributed by atoms with van der Waals surface area (Å²) in [6.07, 6.45) is 0. The van der Waals surface area contributed by atoms with Gasteiger partial charge in [0, 0.05) is 11.6 Å². The first-order valence-electron chi connectivity index (χ1n) is 5.34. The van der Waals surface area contributed by atoms with Gasteiger partial charge in [-0.05, 0) is 18.6 Å². The van der Waals surface area contributed by atoms with E-state index in [0.29, 0.717) is 11.6 Å². The van der Waals surface area contributed by atoms with E-state index in [-0.39, 0.29) is 5.56 Å². The van der Waals surface area contributed by atoms with E-state index in [4.69, 9.17) is 11.6 Å². The predicted octanol–water partition coefficient (Wildman–Crippen LogP) is 4.74. The van der Waals surface area contributed by atoms with Crippen molar-refractivity contribution in [1.29, 1.82) is 0 Å². The van der Waals surface area contributed by atoms with Crippen molar-refractivity contribution in [3.63, 3.8) is 0 Å². The SMILES string of the molecule is Cc1cccc(C(Cl)c2cc(F)c(F)cc2F)c1. The molecule has 0 aliphatic heterocycles. The van der Waals surface area contributed by atoms with E-state index < -0.39 is 22.8 Å². The maximum Gasteiger partial charge on any atom is 0.161 e. The van der Waals surface area contributed by atoms with Crippen LogP contribution in [0.15, 0.2) is 36.4 Å². The van der Waals surface area contributed by atoms with E-state index >= 15 is 0 Å². The highest BCUT2D eigenvalue weighted by Gasteiger charge is 2.18. The lowest BCUT2D eigenvalue weighted by molar-refractivity contribution is 0.490. The van der Waals surface area contributed by atoms with Gasteiger partial charge < -0.3 is 0 Å². The van der Waals surface area contributed by atoms with E-state index in [1.807, 2.05) is 13.0 Å². The summed E-state index contributed by atoms with van der Waals surface area (Å²) in [5, 5.41) is -0.847. The topological polar surface area (TPSA) is 0 Å². The molecule has 2 aromatic carbocycles. The summed E-state index contributed by atoms with van der Waals surface area (Å²) in [5.74, 6) is -3.18. The van der Waals surface area contributed by atoms with Gasteiger partial charge in [-0.25, -0.2) is 13.2 Å². The highest BCUT2D eigenvalue weighted by Crippen LogP contribution is 2.32. The first-order valence-corrected chi connectivity index (χ1v) is 5.78. The molecule has 0 nitrogen and oxygen atoms in total. The summed E-state index contributed by atoms with van der Waals surface area (Å²) in [7, 11) is 0. The van der Waals surface area contributed by atoms with Crippen LogP contribution in [0.3, 0.4) is 0 Å². The van der Waals surface area contributed by atoms with E-state index in [1.54, 1.807) is 18.2 Å². The molecule has 0 aromatic heterocycles. The van der Waals surface area contributed by atoms with Crippen molar-refractivity contribution in [2.75, 3.05) is 0 Å². The first kappa shape index (κ1) is 13.0. The van der Waals surface area contributed by atoms with Gasteiger partial charge in [0.15, 0.2) is 11.6 Å². The average Bonchev–Trinajstić information content (AvgIpc) is 2.33. The van der Waals surface area contributed by atoms with Crippen LogP contribution in [0.2, 0.25) is 0 Å². The minimum Gasteiger partial charge on any atom is -0.207 e. The second kappa shape index (κ2) is 5.02. The minimum absolute atomic E-state index is 0.0684. The van der Waals surface area contributed by atoms with E-state index in [1.165, 1.54) is 0 Å². The van der Waals surface area contributed by atoms with Gasteiger partial charge in [-0.1, -0.05) is 29.8 Å². The van der Waals surface area contributed by atoms with Crippen molar-refractivity contribution in [1.82, 2.24) is 0 Å². The zero-order valence-corrected chi connectivity index (χ0v) is 10.3. The molecule has 0 spiro atoms. The zero-order chi connectivity index (χ0) is 13.3. The van der Waals surface area contributed by atoms with Gasteiger partial charge in [0.1, 0.15) is 5.82 Å². The molecule has 94 valence electrons. The predicted molar refractivity (Wildman–Crippen MR) is 65.2 cm³/mol. The van der Waals surface area contributed by atoms with Crippen LogP contribution in [0.25, 0.3) is 0 Å². The molecule has 0 aliphatic carbocycles. The van der Waals surface area contributed by atoms with Crippen LogP contribution in [0.4, 0.5) is 13.2 Å². The van der Waals surface area contributed by atoms with Gasteiger partial charge in [0.25, 0.3) is 0 Å². The van der Waals surface area contributed by atoms with Crippen LogP contribution in [0.1, 0.15) is 22.1 Å². The van der Waals surface area contributed by atoms with Gasteiger partial charge in [-0.3, -0.25) is 0 Å². The number of aryl methyl sites for hydroxylation is 1. The van der Waals surface area contributed by atoms with E-state index in [9.17, 15) is 13.2 Å². The second-order valence-electron chi connectivity index (χ2n) is 4.06. The molecular weight excluding hydrogens is 261 g/mol. The maximum absolute atomic E-state index is 13.6. The molecule has 0 fully saturated rings. The summed E-state index contributed by atoms with van der Waals surface area (Å²) >= 11 is 6.10. The van der Waals surface area contributed by atoms with Crippen molar-refractivity contribution in [3.8, 4) is 0 Å². The Bertz CT molecular complexity index is 581. The number of alkyl halides is 1. The molecule has 2 rings (SSSR count). The smallest absolute Gasteiger partial charge is 0.161 e. The maximum atomic E-state index is 13.6. The van der Waals surface area contributed by atoms with Crippen molar-refractivity contribution in [2.45, 2.75) is 12.3 Å². The Morgan fingerprint density at radius 2 is 1.61 bits per heavy atom. The Hall–Kier alpha value is -1.48. The zero-order valence-electron chi connectivity index (χ0n) is 9.55. The molecule has 2 aromatic rings. The largest absolute Gasteiger partial charge is 0.207 e. The van der Waals surface area contributed by atoms with Crippen molar-refractivity contribution >= 4 is 11.6 Å². The first-order chi connectivity index (χ1) is 8.49. The third-order valence-corrected chi connectivity index (χ3v) is 3.13. The number of halogens is 4. The normalized spacial score (nSPS) is 12.5. The van der Waals surface area contributed by atoms with Crippen molar-refractivity contribution in [3.05, 3.63) is 70.5 Å². The lowest BCUT2D eigenvalue weighted by atomic mass is 10.0. The summed E-state index contributed by atoms with van der Waals surface area (Å²) in [5.41, 5.74) is 1.53. The minimum atomic E-state index is -1.22. The van der Waals surface area contributed by atoms with Gasteiger partial charge >= 0.3 is 0 Å². The summed E-state index contributed by atoms with van der Waals surface area (Å²) in [4.78, 5) is 0. The van der Waals surface area contributed by atoms with E-state index in [0.717, 1.165) is 11.6 Å². The van der Waals surface area contributed by atoms with Crippen LogP contribution in [-0.2, 0) is 0 Å². The average molecular weight is 271 g/mol. The van der Waals surface area contributed by atoms with E-state index in [2.05, 4.69) is 0 Å². The molecule has 0 N–H and O–H groups in total. The van der Waals surface area contributed by atoms with Gasteiger partial charge in [0.2, 0.25) is 0 Å². The molecule has 1 unspecified atom stereocenters. The lowest BCUT2D eigenvalue weighted by Crippen LogP contribution is -2.00. The highest BCUT2D eigenvalue weighted by atomic mass is 35.5. The van der Waals surface area contributed by atoms with Crippen LogP contribution in [-0.4, -0.2) is 0 Å². The summed E-state index contributed by atoms with van der Waals surface area (Å²) in [6.45, 7) is 1.87. The van der Waals surface area contributed by atoms with Crippen molar-refractivity contribution in [2.24, 2.45) is 0 Å². The Morgan fingerprint density at radius 3 is 2.28 bits per heavy atom. The highest BCUT2D eigenvalue weighted by molar-refractivity contribution is 6.22. The molecule has 0 bridgehead atoms. The molecule has 0 radical (unpaired) electrons. The summed E-state index contributed by atoms with van der Waals surface area (Å²) < 4.78 is 39.5. The second-order valence-corrected chi connectivity index (χ2v) is 4.50. The third kappa shape index (κ3) is 2.51.